The van der Waals surface area contributed by atoms with Crippen LogP contribution in [0.3, 0.4) is 0 Å². The van der Waals surface area contributed by atoms with Crippen molar-refractivity contribution in [3.63, 3.8) is 0 Å². The van der Waals surface area contributed by atoms with Crippen LogP contribution in [0.4, 0.5) is 0 Å². The predicted octanol–water partition coefficient (Wildman–Crippen LogP) is 3.54. The molecular weight excluding hydrogens is 312 g/mol. The Balaban J connectivity index is 1.73. The highest BCUT2D eigenvalue weighted by molar-refractivity contribution is 5.98. The molecule has 1 aromatic carbocycles. The molecule has 5 heteroatoms. The highest BCUT2D eigenvalue weighted by Gasteiger charge is 2.23. The number of rotatable bonds is 2. The van der Waals surface area contributed by atoms with E-state index in [1.54, 1.807) is 10.7 Å². The number of aromatic nitrogens is 3. The average molecular weight is 335 g/mol. The summed E-state index contributed by atoms with van der Waals surface area (Å²) < 4.78 is 10.8. The van der Waals surface area contributed by atoms with E-state index in [0.29, 0.717) is 12.1 Å². The van der Waals surface area contributed by atoms with Gasteiger partial charge in [-0.15, -0.1) is 0 Å². The lowest BCUT2D eigenvalue weighted by Gasteiger charge is -2.19. The normalized spacial score (nSPS) is 20.6. The summed E-state index contributed by atoms with van der Waals surface area (Å²) in [6.07, 6.45) is 5.08. The molecule has 4 rings (SSSR count). The Morgan fingerprint density at radius 3 is 3.04 bits per heavy atom. The summed E-state index contributed by atoms with van der Waals surface area (Å²) in [4.78, 5) is 21.7. The number of amides is 1. The van der Waals surface area contributed by atoms with E-state index in [1.807, 2.05) is 38.1 Å². The first-order chi connectivity index (χ1) is 12.5. The average Bonchev–Trinajstić information content (AvgIpc) is 2.96. The fourth-order valence-electron chi connectivity index (χ4n) is 3.55. The number of nitrogens with one attached hydrogen (secondary N) is 1. The van der Waals surface area contributed by atoms with E-state index >= 15 is 0 Å². The molecule has 25 heavy (non-hydrogen) atoms. The van der Waals surface area contributed by atoms with Gasteiger partial charge in [-0.2, -0.15) is 0 Å². The summed E-state index contributed by atoms with van der Waals surface area (Å²) in [5.41, 5.74) is 4.63. The van der Waals surface area contributed by atoms with Gasteiger partial charge in [-0.1, -0.05) is 30.7 Å². The first-order valence-corrected chi connectivity index (χ1v) is 8.70. The van der Waals surface area contributed by atoms with Gasteiger partial charge in [0.2, 0.25) is 0 Å². The van der Waals surface area contributed by atoms with E-state index in [-0.39, 0.29) is 11.6 Å². The minimum Gasteiger partial charge on any atom is -0.344 e. The van der Waals surface area contributed by atoms with Crippen molar-refractivity contribution in [1.29, 1.82) is 0 Å². The maximum absolute atomic E-state index is 13.0. The van der Waals surface area contributed by atoms with Crippen molar-refractivity contribution in [3.8, 4) is 0 Å². The molecule has 1 atom stereocenters. The van der Waals surface area contributed by atoms with E-state index < -0.39 is 6.02 Å². The second-order valence-electron chi connectivity index (χ2n) is 6.62. The van der Waals surface area contributed by atoms with Gasteiger partial charge in [0.25, 0.3) is 5.91 Å². The molecule has 0 aliphatic heterocycles. The molecular formula is C20H22N4O. The summed E-state index contributed by atoms with van der Waals surface area (Å²) >= 11 is 0. The zero-order chi connectivity index (χ0) is 18.3. The van der Waals surface area contributed by atoms with Gasteiger partial charge in [0.05, 0.1) is 7.39 Å². The van der Waals surface area contributed by atoms with Crippen LogP contribution in [0.1, 0.15) is 59.7 Å². The van der Waals surface area contributed by atoms with Crippen molar-refractivity contribution in [2.75, 3.05) is 0 Å². The van der Waals surface area contributed by atoms with Crippen molar-refractivity contribution in [2.45, 2.75) is 45.5 Å². The van der Waals surface area contributed by atoms with E-state index in [0.717, 1.165) is 41.8 Å². The number of hydrogen-bond acceptors (Lipinski definition) is 3. The third kappa shape index (κ3) is 2.90. The number of nitrogens with zero attached hydrogens (tertiary/aromatic N) is 3. The van der Waals surface area contributed by atoms with Crippen molar-refractivity contribution >= 4 is 11.6 Å². The van der Waals surface area contributed by atoms with Crippen LogP contribution in [0.2, 0.25) is 0 Å². The maximum Gasteiger partial charge on any atom is 0.274 e. The van der Waals surface area contributed by atoms with Crippen LogP contribution in [-0.4, -0.2) is 20.3 Å². The first-order valence-electron chi connectivity index (χ1n) is 9.20. The second kappa shape index (κ2) is 6.31. The number of imidazole rings is 1. The molecule has 0 bridgehead atoms. The number of benzene rings is 1. The Morgan fingerprint density at radius 1 is 1.32 bits per heavy atom. The summed E-state index contributed by atoms with van der Waals surface area (Å²) in [5, 5.41) is 2.94. The molecule has 3 aromatic rings. The lowest BCUT2D eigenvalue weighted by Crippen LogP contribution is -2.29. The van der Waals surface area contributed by atoms with Crippen LogP contribution in [0.5, 0.6) is 0 Å². The number of aryl methyl sites for hydroxylation is 3. The lowest BCUT2D eigenvalue weighted by atomic mass is 9.99. The fraction of sp³-hybridized carbons (Fsp3) is 0.350. The minimum atomic E-state index is -1.14. The van der Waals surface area contributed by atoms with E-state index in [4.69, 9.17) is 1.37 Å². The van der Waals surface area contributed by atoms with Crippen molar-refractivity contribution in [3.05, 3.63) is 64.9 Å². The molecule has 0 saturated heterocycles. The molecule has 1 aliphatic carbocycles. The van der Waals surface area contributed by atoms with E-state index in [1.165, 1.54) is 0 Å². The summed E-state index contributed by atoms with van der Waals surface area (Å²) in [6.45, 7) is 3.85. The van der Waals surface area contributed by atoms with Crippen molar-refractivity contribution < 1.29 is 6.17 Å². The third-order valence-electron chi connectivity index (χ3n) is 4.77. The molecule has 2 heterocycles. The summed E-state index contributed by atoms with van der Waals surface area (Å²) in [7, 11) is 0. The van der Waals surface area contributed by atoms with Gasteiger partial charge in [0, 0.05) is 11.4 Å². The maximum atomic E-state index is 13.0. The molecule has 1 N–H and O–H groups in total. The summed E-state index contributed by atoms with van der Waals surface area (Å²) in [5.74, 6) is -0.350. The topological polar surface area (TPSA) is 59.3 Å². The number of carbonyl (C=O) groups is 1. The van der Waals surface area contributed by atoms with Gasteiger partial charge < -0.3 is 5.32 Å². The SMILES string of the molecule is [2H]C1(NC(=O)c2ncn3c(C)cc(C)nc23)CCCCc2ccccc21. The molecule has 1 amide bonds. The van der Waals surface area contributed by atoms with Crippen LogP contribution in [0.15, 0.2) is 36.7 Å². The Kier molecular flexibility index (Phi) is 3.70. The van der Waals surface area contributed by atoms with Crippen LogP contribution < -0.4 is 5.32 Å². The zero-order valence-corrected chi connectivity index (χ0v) is 14.5. The van der Waals surface area contributed by atoms with Gasteiger partial charge in [-0.05, 0) is 50.3 Å². The highest BCUT2D eigenvalue weighted by atomic mass is 16.2. The molecule has 2 aromatic heterocycles. The molecule has 0 saturated carbocycles. The number of hydrogen-bond donors (Lipinski definition) is 1. The molecule has 0 fully saturated rings. The van der Waals surface area contributed by atoms with Gasteiger partial charge in [-0.3, -0.25) is 9.20 Å². The largest absolute Gasteiger partial charge is 0.344 e. The number of carbonyl (C=O) groups excluding carboxylic acids is 1. The second-order valence-corrected chi connectivity index (χ2v) is 6.62. The zero-order valence-electron chi connectivity index (χ0n) is 15.5. The van der Waals surface area contributed by atoms with Gasteiger partial charge in [-0.25, -0.2) is 9.97 Å². The monoisotopic (exact) mass is 335 g/mol. The van der Waals surface area contributed by atoms with Crippen LogP contribution in [0, 0.1) is 13.8 Å². The third-order valence-corrected chi connectivity index (χ3v) is 4.77. The Hall–Kier alpha value is -2.69. The molecule has 0 spiro atoms. The molecule has 1 unspecified atom stereocenters. The standard InChI is InChI=1S/C20H22N4O/c1-13-11-14(2)24-12-21-18(19(24)22-13)20(25)23-17-10-6-4-8-15-7-3-5-9-16(15)17/h3,5,7,9,11-12,17H,4,6,8,10H2,1-2H3,(H,23,25)/i17D. The van der Waals surface area contributed by atoms with E-state index in [9.17, 15) is 4.79 Å². The minimum absolute atomic E-state index is 0.269. The van der Waals surface area contributed by atoms with Gasteiger partial charge >= 0.3 is 0 Å². The van der Waals surface area contributed by atoms with Crippen LogP contribution >= 0.6 is 0 Å². The Labute approximate surface area is 148 Å². The Morgan fingerprint density at radius 2 is 2.16 bits per heavy atom. The van der Waals surface area contributed by atoms with Gasteiger partial charge in [0.15, 0.2) is 11.3 Å². The smallest absolute Gasteiger partial charge is 0.274 e. The summed E-state index contributed by atoms with van der Waals surface area (Å²) in [6, 6.07) is 8.73. The number of fused-ring (bicyclic) bond motifs is 2. The fourth-order valence-corrected chi connectivity index (χ4v) is 3.55. The van der Waals surface area contributed by atoms with E-state index in [2.05, 4.69) is 21.4 Å². The molecule has 5 nitrogen and oxygen atoms in total. The van der Waals surface area contributed by atoms with Crippen LogP contribution in [0.25, 0.3) is 5.65 Å². The molecule has 128 valence electrons. The van der Waals surface area contributed by atoms with Crippen LogP contribution in [-0.2, 0) is 6.42 Å². The lowest BCUT2D eigenvalue weighted by molar-refractivity contribution is 0.0931. The molecule has 0 radical (unpaired) electrons. The highest BCUT2D eigenvalue weighted by Crippen LogP contribution is 2.28. The Bertz CT molecular complexity index is 997. The molecule has 1 aliphatic rings. The first kappa shape index (κ1) is 14.6. The quantitative estimate of drug-likeness (QED) is 0.729. The predicted molar refractivity (Wildman–Crippen MR) is 96.7 cm³/mol. The van der Waals surface area contributed by atoms with Crippen molar-refractivity contribution in [2.24, 2.45) is 0 Å². The van der Waals surface area contributed by atoms with Gasteiger partial charge in [0.1, 0.15) is 6.33 Å². The van der Waals surface area contributed by atoms with Crippen molar-refractivity contribution in [1.82, 2.24) is 19.7 Å².